The van der Waals surface area contributed by atoms with Crippen LogP contribution in [-0.4, -0.2) is 69.5 Å². The van der Waals surface area contributed by atoms with Gasteiger partial charge in [0.25, 0.3) is 0 Å². The summed E-state index contributed by atoms with van der Waals surface area (Å²) in [5.74, 6) is 1.29. The molecule has 2 aliphatic heterocycles. The Morgan fingerprint density at radius 3 is 2.60 bits per heavy atom. The van der Waals surface area contributed by atoms with Gasteiger partial charge in [0.2, 0.25) is 0 Å². The largest absolute Gasteiger partial charge is 0.457 e. The third kappa shape index (κ3) is 6.33. The van der Waals surface area contributed by atoms with Crippen molar-refractivity contribution in [3.63, 3.8) is 0 Å². The van der Waals surface area contributed by atoms with Crippen molar-refractivity contribution in [1.29, 1.82) is 0 Å². The summed E-state index contributed by atoms with van der Waals surface area (Å²) < 4.78 is 48.5. The summed E-state index contributed by atoms with van der Waals surface area (Å²) in [7, 11) is 0. The normalized spacial score (nSPS) is 18.1. The minimum absolute atomic E-state index is 0.125. The number of nitrogens with zero attached hydrogens (tertiary/aromatic N) is 4. The minimum atomic E-state index is -4.53. The number of pyridine rings is 1. The number of piperazine rings is 1. The lowest BCUT2D eigenvalue weighted by atomic mass is 9.95. The van der Waals surface area contributed by atoms with E-state index in [4.69, 9.17) is 4.74 Å². The van der Waals surface area contributed by atoms with E-state index in [-0.39, 0.29) is 23.8 Å². The molecule has 2 aliphatic rings. The van der Waals surface area contributed by atoms with Crippen molar-refractivity contribution in [2.75, 3.05) is 38.0 Å². The number of aromatic amines is 1. The zero-order chi connectivity index (χ0) is 30.1. The number of fused-ring (bicyclic) bond motifs is 2. The molecule has 4 heterocycles. The number of hydrogen-bond acceptors (Lipinski definition) is 5. The van der Waals surface area contributed by atoms with Crippen LogP contribution in [0.15, 0.2) is 60.9 Å². The Balaban J connectivity index is 1.16. The number of alkyl halides is 3. The van der Waals surface area contributed by atoms with Crippen molar-refractivity contribution >= 4 is 22.8 Å². The number of amides is 2. The van der Waals surface area contributed by atoms with Gasteiger partial charge in [-0.05, 0) is 73.0 Å². The molecule has 0 aliphatic carbocycles. The van der Waals surface area contributed by atoms with E-state index in [1.165, 1.54) is 6.07 Å². The van der Waals surface area contributed by atoms with Crippen LogP contribution in [-0.2, 0) is 25.7 Å². The Morgan fingerprint density at radius 1 is 1.05 bits per heavy atom. The lowest BCUT2D eigenvalue weighted by Gasteiger charge is -2.35. The van der Waals surface area contributed by atoms with Crippen LogP contribution in [0.1, 0.15) is 36.1 Å². The highest BCUT2D eigenvalue weighted by Gasteiger charge is 2.35. The number of carbonyl (C=O) groups is 1. The van der Waals surface area contributed by atoms with E-state index < -0.39 is 17.8 Å². The van der Waals surface area contributed by atoms with Gasteiger partial charge >= 0.3 is 12.2 Å². The number of nitrogens with one attached hydrogen (secondary N) is 2. The van der Waals surface area contributed by atoms with Gasteiger partial charge in [-0.2, -0.15) is 13.2 Å². The number of halogens is 3. The molecule has 2 N–H and O–H groups in total. The third-order valence-corrected chi connectivity index (χ3v) is 8.45. The molecule has 4 aromatic rings. The molecule has 0 saturated carbocycles. The molecule has 2 amide bonds. The predicted octanol–water partition coefficient (Wildman–Crippen LogP) is 6.49. The molecule has 226 valence electrons. The molecular weight excluding hydrogens is 557 g/mol. The summed E-state index contributed by atoms with van der Waals surface area (Å²) in [6.07, 6.45) is -0.437. The van der Waals surface area contributed by atoms with Crippen molar-refractivity contribution in [3.05, 3.63) is 83.2 Å². The third-order valence-electron chi connectivity index (χ3n) is 8.45. The Morgan fingerprint density at radius 2 is 1.84 bits per heavy atom. The van der Waals surface area contributed by atoms with Gasteiger partial charge in [-0.1, -0.05) is 19.1 Å². The van der Waals surface area contributed by atoms with Crippen LogP contribution >= 0.6 is 0 Å². The highest BCUT2D eigenvalue weighted by molar-refractivity contribution is 5.90. The first-order valence-corrected chi connectivity index (χ1v) is 14.6. The molecule has 1 saturated heterocycles. The number of H-pyrrole nitrogens is 1. The number of anilines is 1. The molecule has 2 aromatic heterocycles. The molecule has 0 spiro atoms. The molecule has 6 rings (SSSR count). The monoisotopic (exact) mass is 592 g/mol. The maximum Gasteiger partial charge on any atom is 0.416 e. The maximum atomic E-state index is 14.1. The number of aromatic nitrogens is 2. The zero-order valence-electron chi connectivity index (χ0n) is 24.2. The highest BCUT2D eigenvalue weighted by atomic mass is 19.4. The quantitative estimate of drug-likeness (QED) is 0.268. The van der Waals surface area contributed by atoms with Crippen molar-refractivity contribution in [2.45, 2.75) is 45.6 Å². The lowest BCUT2D eigenvalue weighted by Crippen LogP contribution is -2.45. The van der Waals surface area contributed by atoms with Gasteiger partial charge in [0.15, 0.2) is 0 Å². The van der Waals surface area contributed by atoms with Crippen molar-refractivity contribution in [3.8, 4) is 11.5 Å². The first kappa shape index (κ1) is 29.0. The van der Waals surface area contributed by atoms with E-state index in [0.717, 1.165) is 61.0 Å². The SMILES string of the molecule is CCN1CCN(Cc2ccc(NC(=O)N3Cc4cc(Oc5ccnc6[nH]ccc56)ccc4CC3C)cc2C(F)(F)F)CC1. The Labute approximate surface area is 248 Å². The highest BCUT2D eigenvalue weighted by Crippen LogP contribution is 2.36. The predicted molar refractivity (Wildman–Crippen MR) is 159 cm³/mol. The molecule has 1 atom stereocenters. The number of carbonyl (C=O) groups excluding carboxylic acids is 1. The second kappa shape index (κ2) is 11.9. The Bertz CT molecular complexity index is 1610. The van der Waals surface area contributed by atoms with E-state index in [1.54, 1.807) is 29.4 Å². The maximum absolute atomic E-state index is 14.1. The van der Waals surface area contributed by atoms with Gasteiger partial charge in [0.05, 0.1) is 10.9 Å². The Kier molecular flexibility index (Phi) is 8.02. The second-order valence-corrected chi connectivity index (χ2v) is 11.3. The first-order chi connectivity index (χ1) is 20.7. The molecule has 43 heavy (non-hydrogen) atoms. The molecular formula is C32H35F3N6O2. The molecule has 1 fully saturated rings. The number of rotatable bonds is 6. The zero-order valence-corrected chi connectivity index (χ0v) is 24.2. The molecule has 2 aromatic carbocycles. The summed E-state index contributed by atoms with van der Waals surface area (Å²) in [4.78, 5) is 26.7. The van der Waals surface area contributed by atoms with E-state index >= 15 is 0 Å². The average molecular weight is 593 g/mol. The summed E-state index contributed by atoms with van der Waals surface area (Å²) in [6, 6.07) is 13.0. The van der Waals surface area contributed by atoms with Crippen LogP contribution in [0.25, 0.3) is 11.0 Å². The summed E-state index contributed by atoms with van der Waals surface area (Å²) >= 11 is 0. The summed E-state index contributed by atoms with van der Waals surface area (Å²) in [5, 5.41) is 3.59. The number of ether oxygens (including phenoxy) is 1. The van der Waals surface area contributed by atoms with Gasteiger partial charge in [0, 0.05) is 63.4 Å². The van der Waals surface area contributed by atoms with Crippen LogP contribution < -0.4 is 10.1 Å². The number of likely N-dealkylation sites (N-methyl/N-ethyl adjacent to an activating group) is 1. The molecule has 1 unspecified atom stereocenters. The van der Waals surface area contributed by atoms with Gasteiger partial charge < -0.3 is 24.8 Å². The first-order valence-electron chi connectivity index (χ1n) is 14.6. The molecule has 0 bridgehead atoms. The van der Waals surface area contributed by atoms with Crippen molar-refractivity contribution in [1.82, 2.24) is 24.7 Å². The van der Waals surface area contributed by atoms with Crippen molar-refractivity contribution in [2.24, 2.45) is 0 Å². The van der Waals surface area contributed by atoms with Gasteiger partial charge in [-0.3, -0.25) is 4.90 Å². The van der Waals surface area contributed by atoms with E-state index in [9.17, 15) is 18.0 Å². The number of hydrogen-bond donors (Lipinski definition) is 2. The second-order valence-electron chi connectivity index (χ2n) is 11.3. The fourth-order valence-electron chi connectivity index (χ4n) is 5.96. The van der Waals surface area contributed by atoms with Gasteiger partial charge in [-0.25, -0.2) is 9.78 Å². The summed E-state index contributed by atoms with van der Waals surface area (Å²) in [6.45, 7) is 8.64. The number of benzene rings is 2. The van der Waals surface area contributed by atoms with Gasteiger partial charge in [-0.15, -0.1) is 0 Å². The van der Waals surface area contributed by atoms with Crippen molar-refractivity contribution < 1.29 is 22.7 Å². The standard InChI is InChI=1S/C32H35F3N6O2/c1-3-39-12-14-40(15-13-39)19-23-4-6-25(18-28(23)32(33,34)35)38-31(42)41-20-24-17-26(7-5-22(24)16-21(41)2)43-29-9-11-37-30-27(29)8-10-36-30/h4-11,17-18,21H,3,12-16,19-20H2,1-2H3,(H,36,37)(H,38,42). The summed E-state index contributed by atoms with van der Waals surface area (Å²) in [5.41, 5.74) is 2.39. The van der Waals surface area contributed by atoms with E-state index in [2.05, 4.69) is 32.0 Å². The molecule has 11 heteroatoms. The van der Waals surface area contributed by atoms with Crippen LogP contribution in [0, 0.1) is 0 Å². The fraction of sp³-hybridized carbons (Fsp3) is 0.375. The molecule has 0 radical (unpaired) electrons. The van der Waals surface area contributed by atoms with E-state index in [1.807, 2.05) is 31.2 Å². The topological polar surface area (TPSA) is 76.7 Å². The minimum Gasteiger partial charge on any atom is -0.457 e. The smallest absolute Gasteiger partial charge is 0.416 e. The van der Waals surface area contributed by atoms with Crippen LogP contribution in [0.3, 0.4) is 0 Å². The average Bonchev–Trinajstić information content (AvgIpc) is 3.48. The fourth-order valence-corrected chi connectivity index (χ4v) is 5.96. The number of urea groups is 1. The van der Waals surface area contributed by atoms with Gasteiger partial charge in [0.1, 0.15) is 17.1 Å². The Hall–Kier alpha value is -4.09. The molecule has 8 nitrogen and oxygen atoms in total. The van der Waals surface area contributed by atoms with Crippen LogP contribution in [0.2, 0.25) is 0 Å². The lowest BCUT2D eigenvalue weighted by molar-refractivity contribution is -0.138. The van der Waals surface area contributed by atoms with Crippen LogP contribution in [0.4, 0.5) is 23.7 Å². The van der Waals surface area contributed by atoms with Crippen LogP contribution in [0.5, 0.6) is 11.5 Å². The van der Waals surface area contributed by atoms with E-state index in [0.29, 0.717) is 24.5 Å².